The molecule has 9 nitrogen and oxygen atoms in total. The van der Waals surface area contributed by atoms with Gasteiger partial charge in [-0.15, -0.1) is 0 Å². The second-order valence-electron chi connectivity index (χ2n) is 6.04. The number of rotatable bonds is 2. The van der Waals surface area contributed by atoms with Gasteiger partial charge in [-0.2, -0.15) is 0 Å². The van der Waals surface area contributed by atoms with Gasteiger partial charge in [-0.25, -0.2) is 0 Å². The predicted molar refractivity (Wildman–Crippen MR) is 66.4 cm³/mol. The lowest BCUT2D eigenvalue weighted by atomic mass is 10.1. The molecule has 1 aliphatic heterocycles. The normalized spacial score (nSPS) is 45.3. The number of hydrogen-bond acceptors (Lipinski definition) is 6. The minimum atomic E-state index is -5.17. The molecule has 4 saturated carbocycles. The molecule has 0 aromatic heterocycles. The zero-order valence-electron chi connectivity index (χ0n) is 11.2. The van der Waals surface area contributed by atoms with Crippen molar-refractivity contribution in [2.24, 2.45) is 35.1 Å². The summed E-state index contributed by atoms with van der Waals surface area (Å²) in [5, 5.41) is 0. The molecule has 1 heterocycles. The Morgan fingerprint density at radius 1 is 1.29 bits per heavy atom. The molecule has 120 valence electrons. The Morgan fingerprint density at radius 2 is 1.86 bits per heavy atom. The molecular weight excluding hydrogens is 302 g/mol. The van der Waals surface area contributed by atoms with Crippen molar-refractivity contribution in [3.05, 3.63) is 0 Å². The maximum atomic E-state index is 8.52. The highest BCUT2D eigenvalue weighted by atomic mass is 32.3. The van der Waals surface area contributed by atoms with Crippen LogP contribution in [0.4, 0.5) is 0 Å². The minimum Gasteiger partial charge on any atom is -0.759 e. The first kappa shape index (κ1) is 15.0. The van der Waals surface area contributed by atoms with Crippen LogP contribution in [0.15, 0.2) is 0 Å². The van der Waals surface area contributed by atoms with Crippen molar-refractivity contribution in [3.8, 4) is 0 Å². The van der Waals surface area contributed by atoms with Gasteiger partial charge in [0.05, 0.1) is 13.2 Å². The van der Waals surface area contributed by atoms with Gasteiger partial charge in [0, 0.05) is 22.2 Å². The Kier molecular flexibility index (Phi) is 3.41. The number of guanidine groups is 1. The summed E-state index contributed by atoms with van der Waals surface area (Å²) in [7, 11) is -5.17. The molecule has 4 atom stereocenters. The van der Waals surface area contributed by atoms with Gasteiger partial charge in [0.15, 0.2) is 5.79 Å². The van der Waals surface area contributed by atoms with Gasteiger partial charge in [0.25, 0.3) is 0 Å². The molecule has 1 saturated heterocycles. The first-order valence-electron chi connectivity index (χ1n) is 6.81. The van der Waals surface area contributed by atoms with Gasteiger partial charge in [0.2, 0.25) is 0 Å². The van der Waals surface area contributed by atoms with Crippen LogP contribution in [-0.2, 0) is 19.9 Å². The van der Waals surface area contributed by atoms with Gasteiger partial charge >= 0.3 is 5.96 Å². The quantitative estimate of drug-likeness (QED) is 0.203. The van der Waals surface area contributed by atoms with Crippen LogP contribution in [0.25, 0.3) is 0 Å². The van der Waals surface area contributed by atoms with Gasteiger partial charge in [-0.05, 0) is 24.7 Å². The third kappa shape index (κ3) is 2.73. The molecule has 4 aliphatic carbocycles. The molecule has 0 aromatic rings. The van der Waals surface area contributed by atoms with Crippen molar-refractivity contribution >= 4 is 16.4 Å². The van der Waals surface area contributed by atoms with Crippen molar-refractivity contribution in [1.82, 2.24) is 0 Å². The molecule has 0 aromatic carbocycles. The largest absolute Gasteiger partial charge is 0.759 e. The maximum Gasteiger partial charge on any atom is 0.338 e. The van der Waals surface area contributed by atoms with E-state index in [0.29, 0.717) is 25.0 Å². The van der Waals surface area contributed by atoms with E-state index in [0.717, 1.165) is 11.8 Å². The van der Waals surface area contributed by atoms with Crippen LogP contribution < -0.4 is 16.5 Å². The average Bonchev–Trinajstić information content (AvgIpc) is 2.81. The third-order valence-corrected chi connectivity index (χ3v) is 4.86. The lowest BCUT2D eigenvalue weighted by molar-refractivity contribution is -0.472. The Balaban J connectivity index is 0.000000233. The molecule has 5 N–H and O–H groups in total. The van der Waals surface area contributed by atoms with E-state index in [1.165, 1.54) is 12.8 Å². The summed E-state index contributed by atoms with van der Waals surface area (Å²) in [5.74, 6) is 3.19. The summed E-state index contributed by atoms with van der Waals surface area (Å²) in [6, 6.07) is 0. The first-order chi connectivity index (χ1) is 9.71. The van der Waals surface area contributed by atoms with E-state index in [4.69, 9.17) is 38.5 Å². The molecule has 5 rings (SSSR count). The molecule has 5 fully saturated rings. The topological polar surface area (TPSA) is 165 Å². The van der Waals surface area contributed by atoms with Gasteiger partial charge < -0.3 is 18.6 Å². The van der Waals surface area contributed by atoms with E-state index in [-0.39, 0.29) is 17.9 Å². The molecule has 5 aliphatic rings. The zero-order chi connectivity index (χ0) is 15.4. The fourth-order valence-electron chi connectivity index (χ4n) is 4.31. The molecule has 10 heteroatoms. The molecular formula is C11H18N3O6S-. The monoisotopic (exact) mass is 320 g/mol. The SMILES string of the molecule is NC(N)=[NH+]CC1COC2(O1)C1CC3C(C1)C32.O=S(=O)([O-])[O-]. The van der Waals surface area contributed by atoms with E-state index in [1.54, 1.807) is 0 Å². The van der Waals surface area contributed by atoms with Crippen LogP contribution in [0.2, 0.25) is 0 Å². The number of nitrogens with one attached hydrogen (secondary N) is 1. The van der Waals surface area contributed by atoms with Crippen molar-refractivity contribution in [2.75, 3.05) is 13.2 Å². The smallest absolute Gasteiger partial charge is 0.338 e. The minimum absolute atomic E-state index is 0.0997. The van der Waals surface area contributed by atoms with E-state index >= 15 is 0 Å². The second-order valence-corrected chi connectivity index (χ2v) is 6.86. The second kappa shape index (κ2) is 4.78. The van der Waals surface area contributed by atoms with Crippen molar-refractivity contribution in [2.45, 2.75) is 24.7 Å². The van der Waals surface area contributed by atoms with Gasteiger partial charge in [-0.3, -0.25) is 24.9 Å². The summed E-state index contributed by atoms with van der Waals surface area (Å²) in [5.41, 5.74) is 10.7. The fraction of sp³-hybridized carbons (Fsp3) is 0.909. The lowest BCUT2D eigenvalue weighted by Gasteiger charge is -2.26. The number of nitrogens with two attached hydrogens (primary N) is 2. The fourth-order valence-corrected chi connectivity index (χ4v) is 4.31. The van der Waals surface area contributed by atoms with Crippen LogP contribution in [0, 0.1) is 23.7 Å². The molecule has 21 heavy (non-hydrogen) atoms. The van der Waals surface area contributed by atoms with E-state index in [2.05, 4.69) is 4.99 Å². The first-order valence-corrected chi connectivity index (χ1v) is 8.14. The van der Waals surface area contributed by atoms with Crippen LogP contribution in [0.1, 0.15) is 12.8 Å². The molecule has 0 amide bonds. The molecule has 4 unspecified atom stereocenters. The summed E-state index contributed by atoms with van der Waals surface area (Å²) < 4.78 is 46.2. The summed E-state index contributed by atoms with van der Waals surface area (Å²) >= 11 is 0. The Morgan fingerprint density at radius 3 is 2.29 bits per heavy atom. The molecule has 1 spiro atoms. The van der Waals surface area contributed by atoms with Gasteiger partial charge in [-0.1, -0.05) is 0 Å². The van der Waals surface area contributed by atoms with Crippen LogP contribution in [0.3, 0.4) is 0 Å². The number of hydrogen-bond donors (Lipinski definition) is 3. The Bertz CT molecular complexity index is 538. The van der Waals surface area contributed by atoms with Crippen LogP contribution >= 0.6 is 0 Å². The highest BCUT2D eigenvalue weighted by Crippen LogP contribution is 2.76. The lowest BCUT2D eigenvalue weighted by Crippen LogP contribution is -2.80. The summed E-state index contributed by atoms with van der Waals surface area (Å²) in [6.07, 6.45) is 2.74. The van der Waals surface area contributed by atoms with Crippen LogP contribution in [-0.4, -0.2) is 48.5 Å². The van der Waals surface area contributed by atoms with E-state index < -0.39 is 10.4 Å². The highest BCUT2D eigenvalue weighted by molar-refractivity contribution is 7.79. The highest BCUT2D eigenvalue weighted by Gasteiger charge is 2.79. The van der Waals surface area contributed by atoms with Crippen molar-refractivity contribution in [1.29, 1.82) is 0 Å². The summed E-state index contributed by atoms with van der Waals surface area (Å²) in [4.78, 5) is 2.92. The Hall–Kier alpha value is -0.940. The summed E-state index contributed by atoms with van der Waals surface area (Å²) in [6.45, 7) is 1.32. The molecule has 4 bridgehead atoms. The van der Waals surface area contributed by atoms with Crippen molar-refractivity contribution in [3.63, 3.8) is 0 Å². The third-order valence-electron chi connectivity index (χ3n) is 4.86. The Labute approximate surface area is 122 Å². The molecule has 0 radical (unpaired) electrons. The van der Waals surface area contributed by atoms with Gasteiger partial charge in [0.1, 0.15) is 6.10 Å². The number of ether oxygens (including phenoxy) is 2. The van der Waals surface area contributed by atoms with Crippen molar-refractivity contribution < 1.29 is 32.0 Å². The van der Waals surface area contributed by atoms with E-state index in [9.17, 15) is 0 Å². The average molecular weight is 320 g/mol. The predicted octanol–water partition coefficient (Wildman–Crippen LogP) is -3.60. The zero-order valence-corrected chi connectivity index (χ0v) is 12.0. The maximum absolute atomic E-state index is 8.52. The van der Waals surface area contributed by atoms with Crippen LogP contribution in [0.5, 0.6) is 0 Å². The van der Waals surface area contributed by atoms with E-state index in [1.807, 2.05) is 0 Å². The standard InChI is InChI=1S/C11H17N3O2.H2O4S/c12-10(13)14-3-6-4-15-11(16-6)5-1-7-8(2-5)9(7)11;1-5(2,3)4/h5-9H,1-4H2,(H4,12,13,14);(H2,1,2,3,4)/p-1.